The second-order valence-electron chi connectivity index (χ2n) is 5.36. The molecule has 0 bridgehead atoms. The molecule has 0 amide bonds. The van der Waals surface area contributed by atoms with Gasteiger partial charge in [-0.05, 0) is 30.3 Å². The maximum Gasteiger partial charge on any atom is 0.298 e. The highest BCUT2D eigenvalue weighted by Crippen LogP contribution is 2.29. The molecule has 14 heteroatoms. The highest BCUT2D eigenvalue weighted by Gasteiger charge is 2.21. The predicted molar refractivity (Wildman–Crippen MR) is 91.5 cm³/mol. The van der Waals surface area contributed by atoms with Crippen molar-refractivity contribution in [2.75, 3.05) is 0 Å². The normalized spacial score (nSPS) is 12.1. The van der Waals surface area contributed by atoms with Crippen LogP contribution in [-0.2, 0) is 20.2 Å². The molecule has 0 aliphatic heterocycles. The van der Waals surface area contributed by atoms with E-state index in [4.69, 9.17) is 4.55 Å². The van der Waals surface area contributed by atoms with Gasteiger partial charge in [-0.3, -0.25) is 9.11 Å². The summed E-state index contributed by atoms with van der Waals surface area (Å²) >= 11 is 0. The van der Waals surface area contributed by atoms with Gasteiger partial charge >= 0.3 is 0 Å². The molecule has 0 unspecified atom stereocenters. The molecule has 0 fully saturated rings. The first-order chi connectivity index (χ1) is 13.0. The monoisotopic (exact) mass is 426 g/mol. The van der Waals surface area contributed by atoms with Crippen LogP contribution < -0.4 is 0 Å². The number of aromatic hydroxyl groups is 2. The molecule has 1 aromatic heterocycles. The minimum Gasteiger partial charge on any atom is -0.508 e. The van der Waals surface area contributed by atoms with Crippen molar-refractivity contribution in [1.29, 1.82) is 0 Å². The van der Waals surface area contributed by atoms with E-state index in [1.807, 2.05) is 0 Å². The van der Waals surface area contributed by atoms with Crippen LogP contribution in [0.4, 0.5) is 0 Å². The molecule has 12 nitrogen and oxygen atoms in total. The Morgan fingerprint density at radius 3 is 1.82 bits per heavy atom. The molecule has 0 saturated carbocycles. The smallest absolute Gasteiger partial charge is 0.298 e. The lowest BCUT2D eigenvalue weighted by molar-refractivity contribution is 0.443. The van der Waals surface area contributed by atoms with Crippen molar-refractivity contribution < 1.29 is 36.2 Å². The third-order valence-corrected chi connectivity index (χ3v) is 5.24. The number of benzene rings is 2. The minimum atomic E-state index is -4.71. The van der Waals surface area contributed by atoms with Crippen molar-refractivity contribution >= 4 is 20.2 Å². The summed E-state index contributed by atoms with van der Waals surface area (Å²) < 4.78 is 63.8. The van der Waals surface area contributed by atoms with Gasteiger partial charge in [-0.1, -0.05) is 0 Å². The first-order valence-electron chi connectivity index (χ1n) is 7.16. The van der Waals surface area contributed by atoms with Crippen LogP contribution in [0.5, 0.6) is 11.5 Å². The largest absolute Gasteiger partial charge is 0.508 e. The summed E-state index contributed by atoms with van der Waals surface area (Å²) in [6, 6.07) is 6.19. The van der Waals surface area contributed by atoms with Crippen molar-refractivity contribution in [2.24, 2.45) is 0 Å². The van der Waals surface area contributed by atoms with E-state index in [1.54, 1.807) is 0 Å². The Balaban J connectivity index is 2.07. The first-order valence-corrected chi connectivity index (χ1v) is 10.0. The lowest BCUT2D eigenvalue weighted by Crippen LogP contribution is -2.05. The quantitative estimate of drug-likeness (QED) is 0.422. The zero-order valence-corrected chi connectivity index (χ0v) is 15.1. The van der Waals surface area contributed by atoms with Gasteiger partial charge in [0.25, 0.3) is 20.2 Å². The molecule has 0 aliphatic rings. The zero-order valence-electron chi connectivity index (χ0n) is 13.5. The number of hydrogen-bond donors (Lipinski definition) is 4. The third-order valence-electron chi connectivity index (χ3n) is 3.46. The molecule has 3 aromatic rings. The van der Waals surface area contributed by atoms with Crippen LogP contribution in [0.25, 0.3) is 22.8 Å². The Bertz CT molecular complexity index is 1280. The zero-order chi connectivity index (χ0) is 20.7. The van der Waals surface area contributed by atoms with Gasteiger partial charge in [0.1, 0.15) is 21.3 Å². The summed E-state index contributed by atoms with van der Waals surface area (Å²) in [5.41, 5.74) is -0.145. The van der Waals surface area contributed by atoms with Crippen LogP contribution in [0, 0.1) is 0 Å². The summed E-state index contributed by atoms with van der Waals surface area (Å²) in [7, 11) is -9.42. The van der Waals surface area contributed by atoms with Gasteiger partial charge in [0.15, 0.2) is 0 Å². The molecule has 2 aromatic carbocycles. The fourth-order valence-electron chi connectivity index (χ4n) is 2.22. The standard InChI is InChI=1S/C14H10N4O8S2/c19-8-2-3-9(11(6-8)27(21,22)23)14-17-15-13(16-18-14)7-1-4-10(20)12(5-7)28(24,25)26/h1-6,19-20H,(H,21,22,23)(H,24,25,26). The molecule has 3 rings (SSSR count). The summed E-state index contributed by atoms with van der Waals surface area (Å²) in [6.07, 6.45) is 0. The minimum absolute atomic E-state index is 0.0395. The van der Waals surface area contributed by atoms with Crippen molar-refractivity contribution in [3.05, 3.63) is 36.4 Å². The Morgan fingerprint density at radius 1 is 0.679 bits per heavy atom. The number of phenolic OH excluding ortho intramolecular Hbond substituents is 2. The molecule has 146 valence electrons. The van der Waals surface area contributed by atoms with Crippen LogP contribution in [-0.4, -0.2) is 56.5 Å². The van der Waals surface area contributed by atoms with Crippen LogP contribution in [0.3, 0.4) is 0 Å². The number of rotatable bonds is 4. The molecule has 0 radical (unpaired) electrons. The first kappa shape index (κ1) is 19.6. The number of nitrogens with zero attached hydrogens (tertiary/aromatic N) is 4. The van der Waals surface area contributed by atoms with Crippen LogP contribution in [0.2, 0.25) is 0 Å². The van der Waals surface area contributed by atoms with E-state index in [0.29, 0.717) is 0 Å². The van der Waals surface area contributed by atoms with E-state index in [9.17, 15) is 31.6 Å². The number of phenols is 2. The molecular formula is C14H10N4O8S2. The summed E-state index contributed by atoms with van der Waals surface area (Å²) in [5, 5.41) is 33.7. The van der Waals surface area contributed by atoms with E-state index in [1.165, 1.54) is 6.07 Å². The number of aromatic nitrogens is 4. The van der Waals surface area contributed by atoms with E-state index in [2.05, 4.69) is 20.4 Å². The molecule has 4 N–H and O–H groups in total. The Morgan fingerprint density at radius 2 is 1.25 bits per heavy atom. The third kappa shape index (κ3) is 3.89. The predicted octanol–water partition coefficient (Wildman–Crippen LogP) is 0.505. The Hall–Kier alpha value is -3.20. The topological polar surface area (TPSA) is 201 Å². The lowest BCUT2D eigenvalue weighted by atomic mass is 10.2. The molecule has 0 spiro atoms. The fourth-order valence-corrected chi connectivity index (χ4v) is 3.54. The molecular weight excluding hydrogens is 416 g/mol. The average Bonchev–Trinajstić information content (AvgIpc) is 2.60. The summed E-state index contributed by atoms with van der Waals surface area (Å²) in [4.78, 5) is -1.44. The summed E-state index contributed by atoms with van der Waals surface area (Å²) in [6.45, 7) is 0. The Kier molecular flexibility index (Phi) is 4.72. The van der Waals surface area contributed by atoms with Gasteiger partial charge in [0.2, 0.25) is 11.6 Å². The molecule has 0 atom stereocenters. The van der Waals surface area contributed by atoms with E-state index in [0.717, 1.165) is 30.3 Å². The van der Waals surface area contributed by atoms with Gasteiger partial charge in [-0.2, -0.15) is 16.8 Å². The van der Waals surface area contributed by atoms with Crippen molar-refractivity contribution in [1.82, 2.24) is 20.4 Å². The number of hydrogen-bond acceptors (Lipinski definition) is 10. The second-order valence-corrected chi connectivity index (χ2v) is 8.14. The van der Waals surface area contributed by atoms with Crippen LogP contribution >= 0.6 is 0 Å². The van der Waals surface area contributed by atoms with Crippen molar-refractivity contribution in [2.45, 2.75) is 9.79 Å². The van der Waals surface area contributed by atoms with Crippen LogP contribution in [0.15, 0.2) is 46.2 Å². The molecule has 1 heterocycles. The molecule has 0 aliphatic carbocycles. The van der Waals surface area contributed by atoms with Gasteiger partial charge in [-0.15, -0.1) is 20.4 Å². The van der Waals surface area contributed by atoms with Crippen molar-refractivity contribution in [3.8, 4) is 34.3 Å². The maximum absolute atomic E-state index is 11.5. The van der Waals surface area contributed by atoms with Gasteiger partial charge in [-0.25, -0.2) is 0 Å². The van der Waals surface area contributed by atoms with E-state index in [-0.39, 0.29) is 22.8 Å². The van der Waals surface area contributed by atoms with Gasteiger partial charge in [0, 0.05) is 17.2 Å². The summed E-state index contributed by atoms with van der Waals surface area (Å²) in [5.74, 6) is -1.60. The lowest BCUT2D eigenvalue weighted by Gasteiger charge is -2.07. The van der Waals surface area contributed by atoms with Crippen LogP contribution in [0.1, 0.15) is 0 Å². The average molecular weight is 426 g/mol. The maximum atomic E-state index is 11.5. The second kappa shape index (κ2) is 6.75. The SMILES string of the molecule is O=S(=O)(O)c1cc(-c2nnc(-c3ccc(O)cc3S(=O)(=O)O)nn2)ccc1O. The fraction of sp³-hybridized carbons (Fsp3) is 0. The van der Waals surface area contributed by atoms with E-state index < -0.39 is 41.5 Å². The van der Waals surface area contributed by atoms with Crippen molar-refractivity contribution in [3.63, 3.8) is 0 Å². The highest BCUT2D eigenvalue weighted by molar-refractivity contribution is 7.86. The molecule has 0 saturated heterocycles. The highest BCUT2D eigenvalue weighted by atomic mass is 32.2. The van der Waals surface area contributed by atoms with Gasteiger partial charge in [0.05, 0.1) is 0 Å². The van der Waals surface area contributed by atoms with Gasteiger partial charge < -0.3 is 10.2 Å². The van der Waals surface area contributed by atoms with E-state index >= 15 is 0 Å². The Labute approximate surface area is 157 Å². The molecule has 28 heavy (non-hydrogen) atoms.